The number of rotatable bonds is 2. The number of aryl methyl sites for hydroxylation is 1. The molecule has 1 heterocycles. The molecule has 2 rings (SSSR count). The lowest BCUT2D eigenvalue weighted by atomic mass is 9.85. The second-order valence-corrected chi connectivity index (χ2v) is 6.02. The van der Waals surface area contributed by atoms with Gasteiger partial charge in [-0.25, -0.2) is 4.79 Å². The lowest BCUT2D eigenvalue weighted by molar-refractivity contribution is 0.0696. The first-order valence-electron chi connectivity index (χ1n) is 6.60. The van der Waals surface area contributed by atoms with Crippen LogP contribution in [0.1, 0.15) is 42.3 Å². The molecule has 2 aromatic rings. The molecule has 0 aliphatic heterocycles. The van der Waals surface area contributed by atoms with Crippen molar-refractivity contribution in [2.45, 2.75) is 33.1 Å². The summed E-state index contributed by atoms with van der Waals surface area (Å²) in [4.78, 5) is 15.1. The molecule has 0 aliphatic rings. The predicted octanol–water partition coefficient (Wildman–Crippen LogP) is 4.05. The van der Waals surface area contributed by atoms with Gasteiger partial charge in [0.25, 0.3) is 0 Å². The Kier molecular flexibility index (Phi) is 3.62. The van der Waals surface area contributed by atoms with Crippen LogP contribution in [0, 0.1) is 6.92 Å². The van der Waals surface area contributed by atoms with Gasteiger partial charge < -0.3 is 5.11 Å². The Labute approximate surface area is 119 Å². The Morgan fingerprint density at radius 3 is 2.35 bits per heavy atom. The first-order valence-corrected chi connectivity index (χ1v) is 6.60. The molecule has 0 bridgehead atoms. The quantitative estimate of drug-likeness (QED) is 0.894. The number of carboxylic acid groups (broad SMARTS) is 1. The first kappa shape index (κ1) is 14.3. The van der Waals surface area contributed by atoms with E-state index in [1.807, 2.05) is 6.92 Å². The van der Waals surface area contributed by atoms with Crippen LogP contribution < -0.4 is 0 Å². The number of carboxylic acids is 1. The third-order valence-corrected chi connectivity index (χ3v) is 3.39. The Hall–Kier alpha value is -2.16. The zero-order valence-corrected chi connectivity index (χ0v) is 12.3. The summed E-state index contributed by atoms with van der Waals surface area (Å²) < 4.78 is 0. The molecule has 0 amide bonds. The summed E-state index contributed by atoms with van der Waals surface area (Å²) in [5.41, 5.74) is 4.51. The number of aromatic carboxylic acids is 1. The van der Waals surface area contributed by atoms with Crippen LogP contribution in [0.15, 0.2) is 36.5 Å². The average Bonchev–Trinajstić information content (AvgIpc) is 2.38. The van der Waals surface area contributed by atoms with Crippen molar-refractivity contribution >= 4 is 5.97 Å². The Morgan fingerprint density at radius 2 is 1.85 bits per heavy atom. The fraction of sp³-hybridized carbons (Fsp3) is 0.294. The number of carbonyl (C=O) groups is 1. The zero-order chi connectivity index (χ0) is 14.9. The smallest absolute Gasteiger partial charge is 0.337 e. The van der Waals surface area contributed by atoms with Gasteiger partial charge in [0.2, 0.25) is 0 Å². The van der Waals surface area contributed by atoms with Gasteiger partial charge in [0.05, 0.1) is 11.3 Å². The molecule has 0 saturated carbocycles. The minimum absolute atomic E-state index is 0.0729. The molecular formula is C17H19NO2. The molecule has 0 atom stereocenters. The van der Waals surface area contributed by atoms with Gasteiger partial charge in [-0.2, -0.15) is 0 Å². The van der Waals surface area contributed by atoms with Gasteiger partial charge in [-0.15, -0.1) is 0 Å². The molecule has 0 radical (unpaired) electrons. The van der Waals surface area contributed by atoms with E-state index in [4.69, 9.17) is 5.11 Å². The molecule has 0 aliphatic carbocycles. The van der Waals surface area contributed by atoms with E-state index < -0.39 is 5.97 Å². The van der Waals surface area contributed by atoms with Gasteiger partial charge >= 0.3 is 5.97 Å². The van der Waals surface area contributed by atoms with Crippen LogP contribution in [0.2, 0.25) is 0 Å². The highest BCUT2D eigenvalue weighted by molar-refractivity contribution is 5.87. The van der Waals surface area contributed by atoms with Crippen LogP contribution in [0.3, 0.4) is 0 Å². The average molecular weight is 269 g/mol. The van der Waals surface area contributed by atoms with Gasteiger partial charge in [-0.1, -0.05) is 32.9 Å². The normalized spacial score (nSPS) is 11.4. The second kappa shape index (κ2) is 5.08. The van der Waals surface area contributed by atoms with Gasteiger partial charge in [0.15, 0.2) is 0 Å². The van der Waals surface area contributed by atoms with E-state index in [1.165, 1.54) is 11.8 Å². The maximum absolute atomic E-state index is 10.9. The van der Waals surface area contributed by atoms with Crippen molar-refractivity contribution in [3.8, 4) is 11.3 Å². The summed E-state index contributed by atoms with van der Waals surface area (Å²) in [6.45, 7) is 8.54. The predicted molar refractivity (Wildman–Crippen MR) is 80.1 cm³/mol. The minimum Gasteiger partial charge on any atom is -0.478 e. The largest absolute Gasteiger partial charge is 0.478 e. The topological polar surface area (TPSA) is 50.2 Å². The standard InChI is InChI=1S/C17H19NO2/c1-11-5-7-13(17(2,3)4)9-14(11)15-8-6-12(10-18-15)16(19)20/h5-10H,1-4H3,(H,19,20). The molecular weight excluding hydrogens is 250 g/mol. The van der Waals surface area contributed by atoms with Crippen molar-refractivity contribution in [1.82, 2.24) is 4.98 Å². The molecule has 0 saturated heterocycles. The summed E-state index contributed by atoms with van der Waals surface area (Å²) in [5, 5.41) is 8.91. The lowest BCUT2D eigenvalue weighted by Crippen LogP contribution is -2.11. The maximum Gasteiger partial charge on any atom is 0.337 e. The van der Waals surface area contributed by atoms with Crippen molar-refractivity contribution in [2.24, 2.45) is 0 Å². The van der Waals surface area contributed by atoms with Crippen molar-refractivity contribution in [1.29, 1.82) is 0 Å². The van der Waals surface area contributed by atoms with Crippen LogP contribution >= 0.6 is 0 Å². The first-order chi connectivity index (χ1) is 9.29. The highest BCUT2D eigenvalue weighted by Crippen LogP contribution is 2.29. The summed E-state index contributed by atoms with van der Waals surface area (Å²) in [5.74, 6) is -0.954. The molecule has 104 valence electrons. The summed E-state index contributed by atoms with van der Waals surface area (Å²) >= 11 is 0. The Morgan fingerprint density at radius 1 is 1.15 bits per heavy atom. The van der Waals surface area contributed by atoms with Crippen LogP contribution in [0.4, 0.5) is 0 Å². The number of benzene rings is 1. The maximum atomic E-state index is 10.9. The van der Waals surface area contributed by atoms with Crippen LogP contribution in [-0.2, 0) is 5.41 Å². The SMILES string of the molecule is Cc1ccc(C(C)(C)C)cc1-c1ccc(C(=O)O)cn1. The Balaban J connectivity index is 2.49. The molecule has 0 spiro atoms. The molecule has 3 heteroatoms. The van der Waals surface area contributed by atoms with Crippen molar-refractivity contribution in [3.63, 3.8) is 0 Å². The number of pyridine rings is 1. The van der Waals surface area contributed by atoms with Crippen LogP contribution in [-0.4, -0.2) is 16.1 Å². The van der Waals surface area contributed by atoms with Crippen LogP contribution in [0.5, 0.6) is 0 Å². The molecule has 0 fully saturated rings. The van der Waals surface area contributed by atoms with Crippen LogP contribution in [0.25, 0.3) is 11.3 Å². The summed E-state index contributed by atoms with van der Waals surface area (Å²) in [6, 6.07) is 9.71. The third-order valence-electron chi connectivity index (χ3n) is 3.39. The molecule has 1 aromatic carbocycles. The van der Waals surface area contributed by atoms with Gasteiger partial charge in [0.1, 0.15) is 0 Å². The van der Waals surface area contributed by atoms with Crippen molar-refractivity contribution in [3.05, 3.63) is 53.2 Å². The van der Waals surface area contributed by atoms with E-state index in [9.17, 15) is 4.79 Å². The molecule has 20 heavy (non-hydrogen) atoms. The monoisotopic (exact) mass is 269 g/mol. The molecule has 3 nitrogen and oxygen atoms in total. The minimum atomic E-state index is -0.954. The summed E-state index contributed by atoms with van der Waals surface area (Å²) in [7, 11) is 0. The lowest BCUT2D eigenvalue weighted by Gasteiger charge is -2.20. The summed E-state index contributed by atoms with van der Waals surface area (Å²) in [6.07, 6.45) is 1.40. The fourth-order valence-electron chi connectivity index (χ4n) is 2.04. The van der Waals surface area contributed by atoms with E-state index in [0.29, 0.717) is 0 Å². The Bertz CT molecular complexity index is 637. The third kappa shape index (κ3) is 2.87. The highest BCUT2D eigenvalue weighted by atomic mass is 16.4. The zero-order valence-electron chi connectivity index (χ0n) is 12.3. The number of nitrogens with zero attached hydrogens (tertiary/aromatic N) is 1. The number of hydrogen-bond acceptors (Lipinski definition) is 2. The fourth-order valence-corrected chi connectivity index (χ4v) is 2.04. The second-order valence-electron chi connectivity index (χ2n) is 6.02. The molecule has 1 aromatic heterocycles. The number of aromatic nitrogens is 1. The van der Waals surface area contributed by atoms with E-state index in [2.05, 4.69) is 44.0 Å². The van der Waals surface area contributed by atoms with Gasteiger partial charge in [-0.3, -0.25) is 4.98 Å². The van der Waals surface area contributed by atoms with Crippen molar-refractivity contribution in [2.75, 3.05) is 0 Å². The van der Waals surface area contributed by atoms with Gasteiger partial charge in [-0.05, 0) is 41.7 Å². The van der Waals surface area contributed by atoms with Crippen molar-refractivity contribution < 1.29 is 9.90 Å². The molecule has 0 unspecified atom stereocenters. The van der Waals surface area contributed by atoms with Gasteiger partial charge in [0, 0.05) is 11.8 Å². The van der Waals surface area contributed by atoms with E-state index in [-0.39, 0.29) is 11.0 Å². The molecule has 1 N–H and O–H groups in total. The highest BCUT2D eigenvalue weighted by Gasteiger charge is 2.15. The van der Waals surface area contributed by atoms with E-state index in [0.717, 1.165) is 16.8 Å². The van der Waals surface area contributed by atoms with E-state index in [1.54, 1.807) is 12.1 Å². The van der Waals surface area contributed by atoms with E-state index >= 15 is 0 Å². The number of hydrogen-bond donors (Lipinski definition) is 1.